The molecule has 1 aliphatic heterocycles. The van der Waals surface area contributed by atoms with Crippen LogP contribution in [-0.2, 0) is 16.6 Å². The van der Waals surface area contributed by atoms with E-state index in [1.165, 1.54) is 10.7 Å². The number of halogens is 1. The molecule has 0 amide bonds. The molecule has 7 nitrogen and oxygen atoms in total. The number of carbonyl (C=O) groups is 1. The summed E-state index contributed by atoms with van der Waals surface area (Å²) in [7, 11) is 1.60. The van der Waals surface area contributed by atoms with Crippen molar-refractivity contribution in [2.75, 3.05) is 23.7 Å². The molecule has 0 bridgehead atoms. The van der Waals surface area contributed by atoms with E-state index in [2.05, 4.69) is 5.10 Å². The minimum atomic E-state index is -2.31. The summed E-state index contributed by atoms with van der Waals surface area (Å²) in [6.45, 7) is 1.68. The summed E-state index contributed by atoms with van der Waals surface area (Å²) in [5.74, 6) is -1.51. The highest BCUT2D eigenvalue weighted by Gasteiger charge is 2.36. The number of carbonyl (C=O) groups excluding carboxylic acids is 1. The van der Waals surface area contributed by atoms with Gasteiger partial charge in [0.05, 0.1) is 23.2 Å². The Bertz CT molecular complexity index is 996. The standard InChI is InChI=1S/C19H27FN4O3/c1-18(2,3)27-16(25)11-19(26)5-7-24(8-6-19)15-10-14-12(9-13(15)20)17(21)22-23(14)4/h9-10,26H,5-8,11H2,1-4H3,(H2,21,22)/i5D,6D,7D,8D. The van der Waals surface area contributed by atoms with Gasteiger partial charge in [0.25, 0.3) is 0 Å². The summed E-state index contributed by atoms with van der Waals surface area (Å²) in [5, 5.41) is 15.4. The van der Waals surface area contributed by atoms with Gasteiger partial charge in [0.2, 0.25) is 0 Å². The monoisotopic (exact) mass is 382 g/mol. The summed E-state index contributed by atoms with van der Waals surface area (Å²) >= 11 is 0. The quantitative estimate of drug-likeness (QED) is 0.792. The first-order chi connectivity index (χ1) is 14.2. The van der Waals surface area contributed by atoms with Crippen LogP contribution in [0.2, 0.25) is 0 Å². The number of aromatic nitrogens is 2. The number of aliphatic hydroxyl groups is 1. The number of hydrogen-bond acceptors (Lipinski definition) is 6. The van der Waals surface area contributed by atoms with Crippen molar-refractivity contribution < 1.29 is 24.5 Å². The van der Waals surface area contributed by atoms with Gasteiger partial charge in [-0.15, -0.1) is 0 Å². The fourth-order valence-corrected chi connectivity index (χ4v) is 2.90. The summed E-state index contributed by atoms with van der Waals surface area (Å²) < 4.78 is 55.2. The van der Waals surface area contributed by atoms with Crippen LogP contribution in [0.5, 0.6) is 0 Å². The largest absolute Gasteiger partial charge is 0.460 e. The van der Waals surface area contributed by atoms with Crippen molar-refractivity contribution in [3.8, 4) is 0 Å². The van der Waals surface area contributed by atoms with E-state index in [0.717, 1.165) is 11.0 Å². The second-order valence-corrected chi connectivity index (χ2v) is 7.62. The Morgan fingerprint density at radius 1 is 1.44 bits per heavy atom. The van der Waals surface area contributed by atoms with Crippen LogP contribution in [0.15, 0.2) is 12.1 Å². The molecule has 0 radical (unpaired) electrons. The molecule has 3 N–H and O–H groups in total. The molecule has 27 heavy (non-hydrogen) atoms. The number of fused-ring (bicyclic) bond motifs is 1. The van der Waals surface area contributed by atoms with Crippen LogP contribution in [0.3, 0.4) is 0 Å². The molecule has 1 aliphatic rings. The number of benzene rings is 1. The number of hydrogen-bond donors (Lipinski definition) is 2. The average Bonchev–Trinajstić information content (AvgIpc) is 2.90. The zero-order chi connectivity index (χ0) is 23.5. The molecule has 8 heteroatoms. The van der Waals surface area contributed by atoms with Gasteiger partial charge in [-0.2, -0.15) is 5.10 Å². The second kappa shape index (κ2) is 6.67. The summed E-state index contributed by atoms with van der Waals surface area (Å²) in [5.41, 5.74) is 2.90. The minimum Gasteiger partial charge on any atom is -0.460 e. The number of ether oxygens (including phenoxy) is 1. The maximum absolute atomic E-state index is 14.9. The van der Waals surface area contributed by atoms with Gasteiger partial charge >= 0.3 is 5.97 Å². The lowest BCUT2D eigenvalue weighted by Crippen LogP contribution is -2.46. The maximum atomic E-state index is 14.9. The molecule has 2 aromatic rings. The van der Waals surface area contributed by atoms with Gasteiger partial charge in [-0.05, 0) is 45.7 Å². The molecule has 1 aromatic carbocycles. The SMILES string of the molecule is [2H]C1C([2H])C(O)(CC(=O)OC(C)(C)C)C([2H])C([2H])N1c1cc2c(cc1F)c(N)nn2C. The number of nitrogen functional groups attached to an aromatic ring is 1. The molecule has 1 aromatic heterocycles. The highest BCUT2D eigenvalue weighted by Crippen LogP contribution is 2.33. The van der Waals surface area contributed by atoms with Crippen LogP contribution < -0.4 is 10.6 Å². The highest BCUT2D eigenvalue weighted by molar-refractivity contribution is 5.91. The van der Waals surface area contributed by atoms with Crippen LogP contribution in [0.1, 0.15) is 45.5 Å². The predicted molar refractivity (Wildman–Crippen MR) is 102 cm³/mol. The molecule has 1 fully saturated rings. The number of aryl methyl sites for hydroxylation is 1. The van der Waals surface area contributed by atoms with Gasteiger partial charge in [-0.3, -0.25) is 9.48 Å². The van der Waals surface area contributed by atoms with Gasteiger partial charge in [-0.1, -0.05) is 0 Å². The van der Waals surface area contributed by atoms with Gasteiger partial charge in [0.15, 0.2) is 5.82 Å². The lowest BCUT2D eigenvalue weighted by molar-refractivity contribution is -0.161. The zero-order valence-corrected chi connectivity index (χ0v) is 15.7. The minimum absolute atomic E-state index is 0.120. The average molecular weight is 382 g/mol. The van der Waals surface area contributed by atoms with Crippen LogP contribution >= 0.6 is 0 Å². The van der Waals surface area contributed by atoms with Crippen molar-refractivity contribution in [1.82, 2.24) is 9.78 Å². The third-order valence-corrected chi connectivity index (χ3v) is 4.12. The number of nitrogens with zero attached hydrogens (tertiary/aromatic N) is 3. The second-order valence-electron chi connectivity index (χ2n) is 7.62. The summed E-state index contributed by atoms with van der Waals surface area (Å²) in [4.78, 5) is 13.2. The van der Waals surface area contributed by atoms with E-state index in [1.807, 2.05) is 0 Å². The smallest absolute Gasteiger partial charge is 0.309 e. The van der Waals surface area contributed by atoms with E-state index in [0.29, 0.717) is 10.9 Å². The Hall–Kier alpha value is -2.35. The normalized spacial score (nSPS) is 33.9. The van der Waals surface area contributed by atoms with Crippen LogP contribution in [0, 0.1) is 5.82 Å². The predicted octanol–water partition coefficient (Wildman–Crippen LogP) is 2.36. The van der Waals surface area contributed by atoms with Crippen molar-refractivity contribution in [3.05, 3.63) is 17.9 Å². The summed E-state index contributed by atoms with van der Waals surface area (Å²) in [6.07, 6.45) is -4.11. The van der Waals surface area contributed by atoms with E-state index in [-0.39, 0.29) is 11.5 Å². The van der Waals surface area contributed by atoms with Gasteiger partial charge in [0, 0.05) is 31.0 Å². The molecule has 0 spiro atoms. The van der Waals surface area contributed by atoms with Gasteiger partial charge in [0.1, 0.15) is 11.4 Å². The third-order valence-electron chi connectivity index (χ3n) is 4.12. The molecule has 2 heterocycles. The molecule has 3 rings (SSSR count). The molecule has 0 aliphatic carbocycles. The lowest BCUT2D eigenvalue weighted by atomic mass is 9.88. The molecule has 1 saturated heterocycles. The Balaban J connectivity index is 1.98. The molecule has 4 unspecified atom stereocenters. The van der Waals surface area contributed by atoms with Crippen molar-refractivity contribution in [2.45, 2.75) is 51.2 Å². The topological polar surface area (TPSA) is 93.6 Å². The summed E-state index contributed by atoms with van der Waals surface area (Å²) in [6, 6.07) is 2.49. The van der Waals surface area contributed by atoms with Crippen molar-refractivity contribution in [3.63, 3.8) is 0 Å². The molecular formula is C19H27FN4O3. The number of piperidine rings is 1. The first-order valence-electron chi connectivity index (χ1n) is 10.8. The van der Waals surface area contributed by atoms with Gasteiger partial charge in [-0.25, -0.2) is 4.39 Å². The Morgan fingerprint density at radius 2 is 2.07 bits per heavy atom. The number of esters is 1. The van der Waals surface area contributed by atoms with Gasteiger partial charge < -0.3 is 20.5 Å². The first-order valence-corrected chi connectivity index (χ1v) is 8.50. The van der Waals surface area contributed by atoms with Crippen LogP contribution in [0.25, 0.3) is 10.9 Å². The Labute approximate surface area is 163 Å². The fourth-order valence-electron chi connectivity index (χ4n) is 2.90. The van der Waals surface area contributed by atoms with Crippen molar-refractivity contribution >= 4 is 28.4 Å². The third kappa shape index (κ3) is 4.16. The molecular weight excluding hydrogens is 351 g/mol. The lowest BCUT2D eigenvalue weighted by Gasteiger charge is -2.39. The van der Waals surface area contributed by atoms with E-state index in [1.54, 1.807) is 27.8 Å². The number of nitrogens with two attached hydrogens (primary N) is 1. The number of rotatable bonds is 3. The zero-order valence-electron chi connectivity index (χ0n) is 19.7. The number of anilines is 2. The fraction of sp³-hybridized carbons (Fsp3) is 0.579. The van der Waals surface area contributed by atoms with Crippen LogP contribution in [-0.4, -0.2) is 45.1 Å². The van der Waals surface area contributed by atoms with Crippen molar-refractivity contribution in [1.29, 1.82) is 0 Å². The van der Waals surface area contributed by atoms with E-state index in [4.69, 9.17) is 16.0 Å². The molecule has 4 atom stereocenters. The first kappa shape index (κ1) is 14.7. The van der Waals surface area contributed by atoms with E-state index < -0.39 is 55.2 Å². The Kier molecular flexibility index (Phi) is 3.63. The highest BCUT2D eigenvalue weighted by atomic mass is 19.1. The molecule has 148 valence electrons. The van der Waals surface area contributed by atoms with Crippen LogP contribution in [0.4, 0.5) is 15.9 Å². The van der Waals surface area contributed by atoms with E-state index in [9.17, 15) is 14.3 Å². The van der Waals surface area contributed by atoms with E-state index >= 15 is 0 Å². The molecule has 0 saturated carbocycles. The van der Waals surface area contributed by atoms with Crippen molar-refractivity contribution in [2.24, 2.45) is 7.05 Å². The Morgan fingerprint density at radius 3 is 2.67 bits per heavy atom. The maximum Gasteiger partial charge on any atom is 0.309 e.